The third kappa shape index (κ3) is 3.09. The molecular weight excluding hydrogens is 340 g/mol. The Kier molecular flexibility index (Phi) is 4.58. The highest BCUT2D eigenvalue weighted by atomic mass is 32.2. The van der Waals surface area contributed by atoms with Gasteiger partial charge in [0.1, 0.15) is 0 Å². The number of aryl methyl sites for hydroxylation is 2. The summed E-state index contributed by atoms with van der Waals surface area (Å²) in [4.78, 5) is 3.02. The van der Waals surface area contributed by atoms with Crippen LogP contribution in [0.3, 0.4) is 0 Å². The smallest absolute Gasteiger partial charge is 0.0374 e. The predicted molar refractivity (Wildman–Crippen MR) is 113 cm³/mol. The van der Waals surface area contributed by atoms with E-state index in [4.69, 9.17) is 0 Å². The number of benzene rings is 2. The van der Waals surface area contributed by atoms with Gasteiger partial charge >= 0.3 is 0 Å². The normalized spacial score (nSPS) is 18.0. The van der Waals surface area contributed by atoms with E-state index in [0.717, 1.165) is 0 Å². The van der Waals surface area contributed by atoms with Gasteiger partial charge in [0, 0.05) is 20.4 Å². The number of hydrogen-bond donors (Lipinski definition) is 0. The van der Waals surface area contributed by atoms with E-state index in [1.54, 1.807) is 4.91 Å². The molecule has 0 spiro atoms. The maximum absolute atomic E-state index is 2.30. The summed E-state index contributed by atoms with van der Waals surface area (Å²) in [5.74, 6) is 0.654. The van der Waals surface area contributed by atoms with Crippen molar-refractivity contribution in [3.05, 3.63) is 87.2 Å². The van der Waals surface area contributed by atoms with Gasteiger partial charge < -0.3 is 0 Å². The zero-order valence-electron chi connectivity index (χ0n) is 14.9. The molecule has 2 aliphatic rings. The number of fused-ring (bicyclic) bond motifs is 4. The molecule has 1 aliphatic heterocycles. The quantitative estimate of drug-likeness (QED) is 0.396. The first kappa shape index (κ1) is 16.7. The summed E-state index contributed by atoms with van der Waals surface area (Å²) in [7, 11) is 0. The minimum Gasteiger partial charge on any atom is -0.143 e. The van der Waals surface area contributed by atoms with E-state index in [2.05, 4.69) is 80.8 Å². The second-order valence-electron chi connectivity index (χ2n) is 6.75. The summed E-state index contributed by atoms with van der Waals surface area (Å²) in [6.07, 6.45) is 5.73. The summed E-state index contributed by atoms with van der Waals surface area (Å²) >= 11 is 3.80. The molecule has 2 aromatic carbocycles. The second kappa shape index (κ2) is 6.86. The van der Waals surface area contributed by atoms with Crippen molar-refractivity contribution < 1.29 is 0 Å². The largest absolute Gasteiger partial charge is 0.143 e. The lowest BCUT2D eigenvalue weighted by Crippen LogP contribution is -1.98. The lowest BCUT2D eigenvalue weighted by atomic mass is 9.90. The predicted octanol–water partition coefficient (Wildman–Crippen LogP) is 7.63. The van der Waals surface area contributed by atoms with Crippen molar-refractivity contribution in [3.8, 4) is 0 Å². The third-order valence-electron chi connectivity index (χ3n) is 4.95. The van der Waals surface area contributed by atoms with Crippen LogP contribution < -0.4 is 0 Å². The van der Waals surface area contributed by atoms with Crippen LogP contribution in [0.1, 0.15) is 36.0 Å². The molecule has 25 heavy (non-hydrogen) atoms. The van der Waals surface area contributed by atoms with Gasteiger partial charge in [-0.1, -0.05) is 60.3 Å². The van der Waals surface area contributed by atoms with Crippen molar-refractivity contribution in [2.24, 2.45) is 0 Å². The molecule has 126 valence electrons. The monoisotopic (exact) mass is 362 g/mol. The Labute approximate surface area is 158 Å². The minimum atomic E-state index is 0.654. The van der Waals surface area contributed by atoms with Crippen molar-refractivity contribution in [1.29, 1.82) is 0 Å². The van der Waals surface area contributed by atoms with Crippen molar-refractivity contribution in [3.63, 3.8) is 0 Å². The Morgan fingerprint density at radius 3 is 2.60 bits per heavy atom. The summed E-state index contributed by atoms with van der Waals surface area (Å²) in [5, 5.41) is 3.63. The average Bonchev–Trinajstić information content (AvgIpc) is 3.19. The molecule has 2 heteroatoms. The van der Waals surface area contributed by atoms with Crippen molar-refractivity contribution >= 4 is 33.2 Å². The summed E-state index contributed by atoms with van der Waals surface area (Å²) < 4.78 is 1.44. The summed E-state index contributed by atoms with van der Waals surface area (Å²) in [5.41, 5.74) is 5.76. The molecule has 0 saturated carbocycles. The van der Waals surface area contributed by atoms with Gasteiger partial charge in [0.25, 0.3) is 0 Å². The van der Waals surface area contributed by atoms with Crippen LogP contribution in [-0.4, -0.2) is 0 Å². The van der Waals surface area contributed by atoms with E-state index < -0.39 is 0 Å². The molecule has 1 atom stereocenters. The molecule has 0 N–H and O–H groups in total. The van der Waals surface area contributed by atoms with Crippen molar-refractivity contribution in [2.45, 2.75) is 38.0 Å². The number of allylic oxidation sites excluding steroid dienone is 4. The number of thiophene rings is 1. The molecule has 0 saturated heterocycles. The van der Waals surface area contributed by atoms with Gasteiger partial charge in [-0.15, -0.1) is 11.3 Å². The Morgan fingerprint density at radius 2 is 1.76 bits per heavy atom. The van der Waals surface area contributed by atoms with Crippen LogP contribution in [0.25, 0.3) is 10.1 Å². The summed E-state index contributed by atoms with van der Waals surface area (Å²) in [6, 6.07) is 15.3. The van der Waals surface area contributed by atoms with Gasteiger partial charge in [0.05, 0.1) is 0 Å². The van der Waals surface area contributed by atoms with Crippen LogP contribution in [0.5, 0.6) is 0 Å². The SMILES string of the molecule is CC1=C2Sc3ccccc3C2CC=C1.Cc1csc2c(C)cccc12. The second-order valence-corrected chi connectivity index (χ2v) is 8.71. The molecule has 0 bridgehead atoms. The maximum Gasteiger partial charge on any atom is 0.0374 e. The highest BCUT2D eigenvalue weighted by Crippen LogP contribution is 2.52. The lowest BCUT2D eigenvalue weighted by Gasteiger charge is -2.16. The number of rotatable bonds is 0. The first-order valence-electron chi connectivity index (χ1n) is 8.72. The highest BCUT2D eigenvalue weighted by Gasteiger charge is 2.29. The fourth-order valence-electron chi connectivity index (χ4n) is 3.57. The van der Waals surface area contributed by atoms with Crippen LogP contribution in [0.4, 0.5) is 0 Å². The lowest BCUT2D eigenvalue weighted by molar-refractivity contribution is 0.827. The zero-order chi connectivity index (χ0) is 17.4. The van der Waals surface area contributed by atoms with Gasteiger partial charge in [0.15, 0.2) is 0 Å². The van der Waals surface area contributed by atoms with Gasteiger partial charge in [-0.2, -0.15) is 0 Å². The third-order valence-corrected chi connectivity index (χ3v) is 7.62. The van der Waals surface area contributed by atoms with Gasteiger partial charge in [-0.3, -0.25) is 0 Å². The number of thioether (sulfide) groups is 1. The average molecular weight is 363 g/mol. The Balaban J connectivity index is 0.000000129. The van der Waals surface area contributed by atoms with Gasteiger partial charge in [0.2, 0.25) is 0 Å². The van der Waals surface area contributed by atoms with E-state index in [-0.39, 0.29) is 0 Å². The first-order chi connectivity index (χ1) is 12.1. The van der Waals surface area contributed by atoms with Crippen molar-refractivity contribution in [2.75, 3.05) is 0 Å². The molecule has 5 rings (SSSR count). The zero-order valence-corrected chi connectivity index (χ0v) is 16.5. The van der Waals surface area contributed by atoms with Crippen molar-refractivity contribution in [1.82, 2.24) is 0 Å². The standard InChI is InChI=1S/C13H12S.C10H10S/c1-9-5-4-7-11-10-6-2-3-8-12(10)14-13(9)11;1-7-4-3-5-9-8(2)6-11-10(7)9/h2-6,8,11H,7H2,1H3;3-6H,1-2H3. The van der Waals surface area contributed by atoms with Gasteiger partial charge in [-0.05, 0) is 66.3 Å². The van der Waals surface area contributed by atoms with E-state index in [1.807, 2.05) is 23.1 Å². The first-order valence-corrected chi connectivity index (χ1v) is 10.4. The molecule has 0 amide bonds. The Hall–Kier alpha value is -1.77. The number of hydrogen-bond acceptors (Lipinski definition) is 2. The molecule has 0 fully saturated rings. The van der Waals surface area contributed by atoms with E-state index in [1.165, 1.54) is 43.7 Å². The molecule has 0 nitrogen and oxygen atoms in total. The van der Waals surface area contributed by atoms with Crippen LogP contribution in [0.15, 0.2) is 75.4 Å². The molecule has 1 aromatic heterocycles. The molecule has 2 heterocycles. The highest BCUT2D eigenvalue weighted by molar-refractivity contribution is 8.03. The van der Waals surface area contributed by atoms with E-state index >= 15 is 0 Å². The van der Waals surface area contributed by atoms with Crippen LogP contribution in [0.2, 0.25) is 0 Å². The summed E-state index contributed by atoms with van der Waals surface area (Å²) in [6.45, 7) is 6.55. The molecule has 1 aliphatic carbocycles. The Bertz CT molecular complexity index is 988. The molecule has 1 unspecified atom stereocenters. The fraction of sp³-hybridized carbons (Fsp3) is 0.217. The minimum absolute atomic E-state index is 0.654. The molecule has 0 radical (unpaired) electrons. The van der Waals surface area contributed by atoms with E-state index in [9.17, 15) is 0 Å². The van der Waals surface area contributed by atoms with Crippen LogP contribution in [0, 0.1) is 13.8 Å². The molecule has 3 aromatic rings. The fourth-order valence-corrected chi connectivity index (χ4v) is 5.91. The maximum atomic E-state index is 2.30. The topological polar surface area (TPSA) is 0 Å². The Morgan fingerprint density at radius 1 is 0.920 bits per heavy atom. The van der Waals surface area contributed by atoms with Crippen LogP contribution in [-0.2, 0) is 0 Å². The van der Waals surface area contributed by atoms with Crippen LogP contribution >= 0.6 is 23.1 Å². The van der Waals surface area contributed by atoms with E-state index in [0.29, 0.717) is 5.92 Å². The molecular formula is C23H22S2. The van der Waals surface area contributed by atoms with Gasteiger partial charge in [-0.25, -0.2) is 0 Å².